The Kier molecular flexibility index (Phi) is 10.3. The van der Waals surface area contributed by atoms with Crippen LogP contribution in [0.25, 0.3) is 0 Å². The summed E-state index contributed by atoms with van der Waals surface area (Å²) in [6.45, 7) is 22.1. The molecule has 0 nitrogen and oxygen atoms in total. The van der Waals surface area contributed by atoms with Gasteiger partial charge in [-0.1, -0.05) is 81.6 Å². The Morgan fingerprint density at radius 3 is 2.08 bits per heavy atom. The Labute approximate surface area is 167 Å². The molecule has 0 aromatic heterocycles. The maximum Gasteiger partial charge on any atom is -0.0298 e. The molecule has 7 atom stereocenters. The molecule has 0 aliphatic heterocycles. The third-order valence-corrected chi connectivity index (χ3v) is 8.08. The second-order valence-corrected chi connectivity index (χ2v) is 11.2. The molecule has 0 heteroatoms. The van der Waals surface area contributed by atoms with Crippen LogP contribution < -0.4 is 0 Å². The van der Waals surface area contributed by atoms with Crippen molar-refractivity contribution in [2.24, 2.45) is 46.8 Å². The van der Waals surface area contributed by atoms with Crippen molar-refractivity contribution in [2.45, 2.75) is 120 Å². The second kappa shape index (κ2) is 11.1. The van der Waals surface area contributed by atoms with E-state index >= 15 is 0 Å². The molecule has 0 N–H and O–H groups in total. The second-order valence-electron chi connectivity index (χ2n) is 11.2. The molecule has 156 valence electrons. The van der Waals surface area contributed by atoms with Crippen LogP contribution in [-0.4, -0.2) is 0 Å². The molecule has 0 spiro atoms. The summed E-state index contributed by atoms with van der Waals surface area (Å²) in [5, 5.41) is 0. The molecule has 1 aliphatic rings. The quantitative estimate of drug-likeness (QED) is 0.288. The smallest absolute Gasteiger partial charge is 0.0298 e. The van der Waals surface area contributed by atoms with Crippen LogP contribution in [0.2, 0.25) is 0 Å². The lowest BCUT2D eigenvalue weighted by atomic mass is 9.68. The van der Waals surface area contributed by atoms with Crippen LogP contribution in [0.3, 0.4) is 0 Å². The van der Waals surface area contributed by atoms with Gasteiger partial charge in [-0.25, -0.2) is 0 Å². The molecular formula is C26H52. The topological polar surface area (TPSA) is 0 Å². The minimum absolute atomic E-state index is 0.580. The van der Waals surface area contributed by atoms with E-state index in [1.165, 1.54) is 57.8 Å². The lowest BCUT2D eigenvalue weighted by molar-refractivity contribution is 0.137. The van der Waals surface area contributed by atoms with Crippen molar-refractivity contribution >= 4 is 0 Å². The third-order valence-electron chi connectivity index (χ3n) is 8.08. The molecule has 0 bridgehead atoms. The fourth-order valence-electron chi connectivity index (χ4n) is 5.38. The normalized spacial score (nSPS) is 27.0. The van der Waals surface area contributed by atoms with Crippen molar-refractivity contribution in [1.82, 2.24) is 0 Å². The third kappa shape index (κ3) is 7.93. The van der Waals surface area contributed by atoms with Gasteiger partial charge < -0.3 is 0 Å². The van der Waals surface area contributed by atoms with Gasteiger partial charge >= 0.3 is 0 Å². The van der Waals surface area contributed by atoms with Gasteiger partial charge in [-0.2, -0.15) is 0 Å². The van der Waals surface area contributed by atoms with Crippen molar-refractivity contribution in [1.29, 1.82) is 0 Å². The molecule has 0 heterocycles. The van der Waals surface area contributed by atoms with Crippen LogP contribution in [0.1, 0.15) is 120 Å². The van der Waals surface area contributed by atoms with Gasteiger partial charge in [-0.3, -0.25) is 0 Å². The summed E-state index contributed by atoms with van der Waals surface area (Å²) in [6, 6.07) is 0. The summed E-state index contributed by atoms with van der Waals surface area (Å²) in [4.78, 5) is 0. The van der Waals surface area contributed by atoms with E-state index in [-0.39, 0.29) is 0 Å². The molecule has 0 saturated heterocycles. The van der Waals surface area contributed by atoms with E-state index in [1.807, 2.05) is 0 Å². The highest BCUT2D eigenvalue weighted by Crippen LogP contribution is 2.53. The minimum atomic E-state index is 0.580. The van der Waals surface area contributed by atoms with Crippen LogP contribution in [0.4, 0.5) is 0 Å². The maximum absolute atomic E-state index is 2.62. The van der Waals surface area contributed by atoms with Crippen LogP contribution in [0.15, 0.2) is 0 Å². The van der Waals surface area contributed by atoms with Crippen molar-refractivity contribution in [3.63, 3.8) is 0 Å². The number of rotatable bonds is 14. The Balaban J connectivity index is 2.46. The first-order chi connectivity index (χ1) is 12.1. The minimum Gasteiger partial charge on any atom is -0.0654 e. The van der Waals surface area contributed by atoms with Gasteiger partial charge in [0.2, 0.25) is 0 Å². The van der Waals surface area contributed by atoms with Crippen molar-refractivity contribution < 1.29 is 0 Å². The van der Waals surface area contributed by atoms with E-state index in [0.29, 0.717) is 5.41 Å². The molecule has 26 heavy (non-hydrogen) atoms. The van der Waals surface area contributed by atoms with Crippen molar-refractivity contribution in [3.05, 3.63) is 0 Å². The molecule has 1 saturated carbocycles. The van der Waals surface area contributed by atoms with E-state index in [9.17, 15) is 0 Å². The first-order valence-corrected chi connectivity index (χ1v) is 12.1. The molecular weight excluding hydrogens is 312 g/mol. The van der Waals surface area contributed by atoms with Gasteiger partial charge in [-0.15, -0.1) is 0 Å². The molecule has 0 radical (unpaired) electrons. The predicted octanol–water partition coefficient (Wildman–Crippen LogP) is 8.99. The van der Waals surface area contributed by atoms with Crippen LogP contribution in [0, 0.1) is 46.8 Å². The molecule has 0 aromatic carbocycles. The monoisotopic (exact) mass is 364 g/mol. The Morgan fingerprint density at radius 2 is 1.54 bits per heavy atom. The van der Waals surface area contributed by atoms with Crippen molar-refractivity contribution in [2.75, 3.05) is 0 Å². The zero-order chi connectivity index (χ0) is 19.9. The molecule has 1 aliphatic carbocycles. The Hall–Kier alpha value is 0. The van der Waals surface area contributed by atoms with E-state index < -0.39 is 0 Å². The summed E-state index contributed by atoms with van der Waals surface area (Å²) in [5.41, 5.74) is 0.580. The average Bonchev–Trinajstić information content (AvgIpc) is 3.28. The molecule has 7 unspecified atom stereocenters. The molecule has 0 amide bonds. The van der Waals surface area contributed by atoms with Crippen molar-refractivity contribution in [3.8, 4) is 0 Å². The standard InChI is InChI=1S/C26H52/c1-10-14-26(9,23(8)13-12-19(3)4)18-25-17-24(25)16-20(5)15-22(7)21(6)11-2/h19-25H,10-18H2,1-9H3. The number of hydrogen-bond donors (Lipinski definition) is 0. The Bertz CT molecular complexity index is 370. The summed E-state index contributed by atoms with van der Waals surface area (Å²) >= 11 is 0. The van der Waals surface area contributed by atoms with E-state index in [1.54, 1.807) is 0 Å². The fraction of sp³-hybridized carbons (Fsp3) is 1.00. The van der Waals surface area contributed by atoms with Gasteiger partial charge in [-0.05, 0) is 85.4 Å². The van der Waals surface area contributed by atoms with Gasteiger partial charge in [0.25, 0.3) is 0 Å². The van der Waals surface area contributed by atoms with Gasteiger partial charge in [0.1, 0.15) is 0 Å². The molecule has 1 rings (SSSR count). The highest BCUT2D eigenvalue weighted by atomic mass is 14.5. The summed E-state index contributed by atoms with van der Waals surface area (Å²) < 4.78 is 0. The van der Waals surface area contributed by atoms with Gasteiger partial charge in [0.15, 0.2) is 0 Å². The Morgan fingerprint density at radius 1 is 0.885 bits per heavy atom. The van der Waals surface area contributed by atoms with Crippen LogP contribution in [0.5, 0.6) is 0 Å². The summed E-state index contributed by atoms with van der Waals surface area (Å²) in [5.74, 6) is 6.52. The van der Waals surface area contributed by atoms with Gasteiger partial charge in [0.05, 0.1) is 0 Å². The molecule has 1 fully saturated rings. The average molecular weight is 365 g/mol. The summed E-state index contributed by atoms with van der Waals surface area (Å²) in [7, 11) is 0. The fourth-order valence-corrected chi connectivity index (χ4v) is 5.38. The lowest BCUT2D eigenvalue weighted by Crippen LogP contribution is -2.27. The van der Waals surface area contributed by atoms with Gasteiger partial charge in [0, 0.05) is 0 Å². The van der Waals surface area contributed by atoms with Crippen LogP contribution >= 0.6 is 0 Å². The largest absolute Gasteiger partial charge is 0.0654 e. The molecule has 0 aromatic rings. The predicted molar refractivity (Wildman–Crippen MR) is 119 cm³/mol. The first-order valence-electron chi connectivity index (χ1n) is 12.1. The van der Waals surface area contributed by atoms with E-state index in [4.69, 9.17) is 0 Å². The zero-order valence-electron chi connectivity index (χ0n) is 19.9. The first kappa shape index (κ1) is 24.0. The highest BCUT2D eigenvalue weighted by molar-refractivity contribution is 4.94. The van der Waals surface area contributed by atoms with E-state index in [2.05, 4.69) is 62.3 Å². The highest BCUT2D eigenvalue weighted by Gasteiger charge is 2.43. The number of hydrogen-bond acceptors (Lipinski definition) is 0. The maximum atomic E-state index is 2.62. The van der Waals surface area contributed by atoms with E-state index in [0.717, 1.165) is 41.4 Å². The lowest BCUT2D eigenvalue weighted by Gasteiger charge is -2.37. The SMILES string of the molecule is CCCC(C)(CC1CC1CC(C)CC(C)C(C)CC)C(C)CCC(C)C. The van der Waals surface area contributed by atoms with Crippen LogP contribution in [-0.2, 0) is 0 Å². The zero-order valence-corrected chi connectivity index (χ0v) is 19.9. The summed E-state index contributed by atoms with van der Waals surface area (Å²) in [6.07, 6.45) is 12.9.